The smallest absolute Gasteiger partial charge is 0.191 e. The van der Waals surface area contributed by atoms with Crippen LogP contribution in [0.15, 0.2) is 12.2 Å². The van der Waals surface area contributed by atoms with Crippen LogP contribution in [0.5, 0.6) is 0 Å². The molecule has 2 saturated carbocycles. The summed E-state index contributed by atoms with van der Waals surface area (Å²) < 4.78 is 13.9. The summed E-state index contributed by atoms with van der Waals surface area (Å²) in [6.07, 6.45) is 10.1. The molecule has 3 rings (SSSR count). The van der Waals surface area contributed by atoms with Crippen LogP contribution in [0.4, 0.5) is 0 Å². The Bertz CT molecular complexity index is 864. The van der Waals surface area contributed by atoms with Crippen LogP contribution in [0, 0.1) is 40.4 Å². The molecule has 0 aromatic heterocycles. The fourth-order valence-electron chi connectivity index (χ4n) is 7.05. The second-order valence-electron chi connectivity index (χ2n) is 16.7. The molecular formula is C32H60O3Si2. The number of hydrogen-bond donors (Lipinski definition) is 0. The topological polar surface area (TPSA) is 35.5 Å². The number of carbonyl (C=O) groups excluding carboxylic acids is 1. The van der Waals surface area contributed by atoms with Gasteiger partial charge in [-0.3, -0.25) is 4.79 Å². The molecule has 0 N–H and O–H groups in total. The number of fused-ring (bicyclic) bond motifs is 1. The monoisotopic (exact) mass is 548 g/mol. The number of rotatable bonds is 7. The van der Waals surface area contributed by atoms with Crippen LogP contribution in [0.1, 0.15) is 94.4 Å². The SMILES string of the molecule is C[C@H]1CC[C@](C)([C@H]2CC[C@]3(C)C(=O)C=C[C@H]3[C@@H]2CO[Si](C)(C)C(C)(C)C)[C@@H](CO[Si](C)(C)C(C)(C)C)C1. The van der Waals surface area contributed by atoms with Crippen molar-refractivity contribution in [1.29, 1.82) is 0 Å². The lowest BCUT2D eigenvalue weighted by atomic mass is 9.49. The molecule has 0 aliphatic heterocycles. The van der Waals surface area contributed by atoms with Gasteiger partial charge >= 0.3 is 0 Å². The highest BCUT2D eigenvalue weighted by Gasteiger charge is 2.57. The summed E-state index contributed by atoms with van der Waals surface area (Å²) in [6.45, 7) is 32.5. The molecule has 2 fully saturated rings. The first-order chi connectivity index (χ1) is 16.7. The van der Waals surface area contributed by atoms with Crippen molar-refractivity contribution in [2.75, 3.05) is 13.2 Å². The fraction of sp³-hybridized carbons (Fsp3) is 0.906. The van der Waals surface area contributed by atoms with E-state index in [1.807, 2.05) is 6.08 Å². The number of ketones is 1. The van der Waals surface area contributed by atoms with E-state index in [9.17, 15) is 4.79 Å². The third-order valence-corrected chi connectivity index (χ3v) is 21.2. The number of carbonyl (C=O) groups is 1. The van der Waals surface area contributed by atoms with E-state index < -0.39 is 16.6 Å². The Morgan fingerprint density at radius 1 is 0.892 bits per heavy atom. The first kappa shape index (κ1) is 31.3. The second-order valence-corrected chi connectivity index (χ2v) is 26.3. The summed E-state index contributed by atoms with van der Waals surface area (Å²) in [6, 6.07) is 0. The van der Waals surface area contributed by atoms with E-state index in [0.717, 1.165) is 32.0 Å². The normalized spacial score (nSPS) is 37.6. The van der Waals surface area contributed by atoms with Gasteiger partial charge in [-0.25, -0.2) is 0 Å². The molecule has 0 aromatic carbocycles. The van der Waals surface area contributed by atoms with Gasteiger partial charge in [0.05, 0.1) is 0 Å². The summed E-state index contributed by atoms with van der Waals surface area (Å²) in [4.78, 5) is 13.1. The summed E-state index contributed by atoms with van der Waals surface area (Å²) in [5.41, 5.74) is -0.0272. The van der Waals surface area contributed by atoms with Crippen molar-refractivity contribution in [2.24, 2.45) is 40.4 Å². The molecule has 0 radical (unpaired) electrons. The van der Waals surface area contributed by atoms with Gasteiger partial charge in [0, 0.05) is 18.6 Å². The summed E-state index contributed by atoms with van der Waals surface area (Å²) in [5, 5.41) is 0.413. The molecule has 0 unspecified atom stereocenters. The molecule has 5 heteroatoms. The van der Waals surface area contributed by atoms with E-state index in [2.05, 4.69) is 94.6 Å². The lowest BCUT2D eigenvalue weighted by Crippen LogP contribution is -2.54. The van der Waals surface area contributed by atoms with E-state index >= 15 is 0 Å². The minimum Gasteiger partial charge on any atom is -0.417 e. The van der Waals surface area contributed by atoms with Crippen molar-refractivity contribution in [3.63, 3.8) is 0 Å². The molecule has 0 amide bonds. The molecule has 0 heterocycles. The molecule has 0 saturated heterocycles. The highest BCUT2D eigenvalue weighted by atomic mass is 28.4. The van der Waals surface area contributed by atoms with E-state index in [0.29, 0.717) is 29.5 Å². The molecule has 214 valence electrons. The van der Waals surface area contributed by atoms with Gasteiger partial charge in [-0.2, -0.15) is 0 Å². The molecule has 37 heavy (non-hydrogen) atoms. The first-order valence-electron chi connectivity index (χ1n) is 15.2. The van der Waals surface area contributed by atoms with Crippen molar-refractivity contribution in [1.82, 2.24) is 0 Å². The van der Waals surface area contributed by atoms with Crippen LogP contribution in [0.2, 0.25) is 36.3 Å². The van der Waals surface area contributed by atoms with Crippen LogP contribution in [0.3, 0.4) is 0 Å². The van der Waals surface area contributed by atoms with Gasteiger partial charge < -0.3 is 8.85 Å². The Labute approximate surface area is 232 Å². The van der Waals surface area contributed by atoms with Crippen LogP contribution in [0.25, 0.3) is 0 Å². The minimum absolute atomic E-state index is 0.186. The molecular weight excluding hydrogens is 489 g/mol. The number of hydrogen-bond acceptors (Lipinski definition) is 3. The van der Waals surface area contributed by atoms with Gasteiger partial charge in [0.15, 0.2) is 22.4 Å². The van der Waals surface area contributed by atoms with E-state index in [4.69, 9.17) is 8.85 Å². The Morgan fingerprint density at radius 3 is 1.97 bits per heavy atom. The Balaban J connectivity index is 1.94. The average molecular weight is 549 g/mol. The lowest BCUT2D eigenvalue weighted by Gasteiger charge is -2.57. The van der Waals surface area contributed by atoms with Crippen molar-refractivity contribution in [2.45, 2.75) is 131 Å². The maximum Gasteiger partial charge on any atom is 0.191 e. The molecule has 3 nitrogen and oxygen atoms in total. The fourth-order valence-corrected chi connectivity index (χ4v) is 9.14. The van der Waals surface area contributed by atoms with Gasteiger partial charge in [-0.15, -0.1) is 0 Å². The lowest BCUT2D eigenvalue weighted by molar-refractivity contribution is -0.134. The quantitative estimate of drug-likeness (QED) is 0.297. The zero-order valence-electron chi connectivity index (χ0n) is 26.7. The van der Waals surface area contributed by atoms with Crippen molar-refractivity contribution in [3.05, 3.63) is 12.2 Å². The predicted octanol–water partition coefficient (Wildman–Crippen LogP) is 9.26. The summed E-state index contributed by atoms with van der Waals surface area (Å²) in [5.74, 6) is 2.91. The second kappa shape index (κ2) is 10.3. The Hall–Kier alpha value is -0.236. The third kappa shape index (κ3) is 5.95. The molecule has 0 aromatic rings. The maximum atomic E-state index is 13.1. The number of allylic oxidation sites excluding steroid dienone is 2. The van der Waals surface area contributed by atoms with Gasteiger partial charge in [0.1, 0.15) is 0 Å². The van der Waals surface area contributed by atoms with Crippen LogP contribution in [-0.2, 0) is 13.6 Å². The van der Waals surface area contributed by atoms with Crippen molar-refractivity contribution >= 4 is 22.4 Å². The molecule has 0 spiro atoms. The minimum atomic E-state index is -1.89. The van der Waals surface area contributed by atoms with Crippen LogP contribution < -0.4 is 0 Å². The Morgan fingerprint density at radius 2 is 1.43 bits per heavy atom. The third-order valence-electron chi connectivity index (χ3n) is 12.2. The van der Waals surface area contributed by atoms with Crippen molar-refractivity contribution < 1.29 is 13.6 Å². The highest BCUT2D eigenvalue weighted by Crippen LogP contribution is 2.61. The molecule has 0 bridgehead atoms. The van der Waals surface area contributed by atoms with E-state index in [1.165, 1.54) is 19.3 Å². The Kier molecular flexibility index (Phi) is 8.72. The summed E-state index contributed by atoms with van der Waals surface area (Å²) in [7, 11) is -3.71. The standard InChI is InChI=1S/C32H60O3Si2/c1-23-16-18-31(8,24(20-23)21-34-36(10,11)29(2,3)4)27-17-19-32(9)26(14-15-28(32)33)25(27)22-35-37(12,13)30(5,6)7/h14-15,23-27H,16-22H2,1-13H3/t23-,24+,25-,26-,27-,31-,32-/m0/s1. The molecule has 3 aliphatic rings. The van der Waals surface area contributed by atoms with Gasteiger partial charge in [0.25, 0.3) is 0 Å². The first-order valence-corrected chi connectivity index (χ1v) is 21.0. The van der Waals surface area contributed by atoms with Crippen LogP contribution >= 0.6 is 0 Å². The average Bonchev–Trinajstić information content (AvgIpc) is 3.06. The maximum absolute atomic E-state index is 13.1. The van der Waals surface area contributed by atoms with E-state index in [-0.39, 0.29) is 20.9 Å². The molecule has 7 atom stereocenters. The van der Waals surface area contributed by atoms with Gasteiger partial charge in [-0.1, -0.05) is 74.8 Å². The van der Waals surface area contributed by atoms with Gasteiger partial charge in [0.2, 0.25) is 0 Å². The van der Waals surface area contributed by atoms with E-state index in [1.54, 1.807) is 0 Å². The zero-order valence-corrected chi connectivity index (χ0v) is 28.7. The van der Waals surface area contributed by atoms with Crippen LogP contribution in [-0.4, -0.2) is 35.6 Å². The predicted molar refractivity (Wildman–Crippen MR) is 163 cm³/mol. The highest BCUT2D eigenvalue weighted by molar-refractivity contribution is 6.74. The largest absolute Gasteiger partial charge is 0.417 e. The molecule has 3 aliphatic carbocycles. The van der Waals surface area contributed by atoms with Crippen molar-refractivity contribution in [3.8, 4) is 0 Å². The van der Waals surface area contributed by atoms with Gasteiger partial charge in [-0.05, 0) is 103 Å². The summed E-state index contributed by atoms with van der Waals surface area (Å²) >= 11 is 0. The zero-order chi connectivity index (χ0) is 28.2.